The third-order valence-corrected chi connectivity index (χ3v) is 11.5. The van der Waals surface area contributed by atoms with Gasteiger partial charge in [-0.1, -0.05) is 176 Å². The summed E-state index contributed by atoms with van der Waals surface area (Å²) in [5.74, 6) is 0. The zero-order valence-electron chi connectivity index (χ0n) is 31.7. The molecule has 1 aromatic heterocycles. The van der Waals surface area contributed by atoms with Crippen LogP contribution in [0.1, 0.15) is 0 Å². The van der Waals surface area contributed by atoms with E-state index in [-0.39, 0.29) is 0 Å². The monoisotopic (exact) mass is 739 g/mol. The molecule has 0 fully saturated rings. The predicted molar refractivity (Wildman–Crippen MR) is 245 cm³/mol. The minimum atomic E-state index is 0.904. The highest BCUT2D eigenvalue weighted by atomic mass is 16.3. The SMILES string of the molecule is c1cc(-c2ccccc2-c2ccc3ccccc3c2)cc(N(c2ccc(-c3cccc4ccccc34)cc2)c2ccc(-c3cccc4c3oc3ccccc34)cc2)c1. The molecular weight excluding hydrogens is 703 g/mol. The van der Waals surface area contributed by atoms with E-state index >= 15 is 0 Å². The van der Waals surface area contributed by atoms with E-state index in [4.69, 9.17) is 4.42 Å². The van der Waals surface area contributed by atoms with Crippen molar-refractivity contribution in [3.8, 4) is 44.5 Å². The molecule has 0 amide bonds. The standard InChI is InChI=1S/C56H37NO/c1-2-14-42-36-44(27-26-38(42)12-1)51-20-6-5-19-50(51)43-16-9-17-47(37-43)57(45-32-28-40(29-33-45)49-22-10-15-39-13-3-4-18-48(39)49)46-34-30-41(31-35-46)52-23-11-24-54-53-21-7-8-25-55(53)58-56(52)54/h1-37H. The van der Waals surface area contributed by atoms with Gasteiger partial charge in [0.05, 0.1) is 0 Å². The van der Waals surface area contributed by atoms with Crippen LogP contribution in [0.4, 0.5) is 17.1 Å². The zero-order valence-corrected chi connectivity index (χ0v) is 31.7. The van der Waals surface area contributed by atoms with Crippen molar-refractivity contribution in [1.82, 2.24) is 0 Å². The summed E-state index contributed by atoms with van der Waals surface area (Å²) in [6.07, 6.45) is 0. The Kier molecular flexibility index (Phi) is 8.19. The minimum absolute atomic E-state index is 0.904. The van der Waals surface area contributed by atoms with E-state index < -0.39 is 0 Å². The molecule has 0 saturated carbocycles. The quantitative estimate of drug-likeness (QED) is 0.162. The molecule has 0 N–H and O–H groups in total. The third-order valence-electron chi connectivity index (χ3n) is 11.5. The maximum Gasteiger partial charge on any atom is 0.143 e. The summed E-state index contributed by atoms with van der Waals surface area (Å²) >= 11 is 0. The van der Waals surface area contributed by atoms with Gasteiger partial charge in [-0.15, -0.1) is 0 Å². The predicted octanol–water partition coefficient (Wildman–Crippen LogP) is 16.0. The Bertz CT molecular complexity index is 3280. The maximum atomic E-state index is 6.44. The number of anilines is 3. The lowest BCUT2D eigenvalue weighted by Crippen LogP contribution is -2.10. The second-order valence-electron chi connectivity index (χ2n) is 14.9. The number of furan rings is 1. The lowest BCUT2D eigenvalue weighted by Gasteiger charge is -2.27. The van der Waals surface area contributed by atoms with Crippen LogP contribution in [-0.4, -0.2) is 0 Å². The highest BCUT2D eigenvalue weighted by Crippen LogP contribution is 2.42. The van der Waals surface area contributed by atoms with Crippen LogP contribution in [0.2, 0.25) is 0 Å². The molecule has 0 unspecified atom stereocenters. The van der Waals surface area contributed by atoms with Crippen molar-refractivity contribution in [3.05, 3.63) is 224 Å². The van der Waals surface area contributed by atoms with Crippen LogP contribution in [0.15, 0.2) is 229 Å². The topological polar surface area (TPSA) is 16.4 Å². The summed E-state index contributed by atoms with van der Waals surface area (Å²) in [5.41, 5.74) is 14.4. The Morgan fingerprint density at radius 1 is 0.276 bits per heavy atom. The van der Waals surface area contributed by atoms with Gasteiger partial charge in [-0.25, -0.2) is 0 Å². The van der Waals surface area contributed by atoms with Gasteiger partial charge in [-0.3, -0.25) is 0 Å². The van der Waals surface area contributed by atoms with E-state index in [1.165, 1.54) is 49.4 Å². The van der Waals surface area contributed by atoms with Crippen molar-refractivity contribution in [2.24, 2.45) is 0 Å². The number of hydrogen-bond donors (Lipinski definition) is 0. The molecule has 0 spiro atoms. The van der Waals surface area contributed by atoms with Crippen molar-refractivity contribution in [2.45, 2.75) is 0 Å². The van der Waals surface area contributed by atoms with Gasteiger partial charge < -0.3 is 9.32 Å². The van der Waals surface area contributed by atoms with Gasteiger partial charge in [-0.05, 0) is 109 Å². The number of benzene rings is 10. The van der Waals surface area contributed by atoms with E-state index in [9.17, 15) is 0 Å². The maximum absolute atomic E-state index is 6.44. The Hall–Kier alpha value is -7.68. The van der Waals surface area contributed by atoms with Crippen LogP contribution in [0.5, 0.6) is 0 Å². The van der Waals surface area contributed by atoms with E-state index in [0.717, 1.165) is 55.7 Å². The fraction of sp³-hybridized carbons (Fsp3) is 0. The van der Waals surface area contributed by atoms with Crippen molar-refractivity contribution >= 4 is 60.5 Å². The highest BCUT2D eigenvalue weighted by Gasteiger charge is 2.17. The summed E-state index contributed by atoms with van der Waals surface area (Å²) in [4.78, 5) is 2.36. The number of fused-ring (bicyclic) bond motifs is 5. The second-order valence-corrected chi connectivity index (χ2v) is 14.9. The molecule has 0 bridgehead atoms. The van der Waals surface area contributed by atoms with Gasteiger partial charge in [0.25, 0.3) is 0 Å². The molecule has 11 aromatic rings. The molecule has 58 heavy (non-hydrogen) atoms. The summed E-state index contributed by atoms with van der Waals surface area (Å²) in [7, 11) is 0. The van der Waals surface area contributed by atoms with Crippen molar-refractivity contribution in [2.75, 3.05) is 4.90 Å². The Labute approximate surface area is 337 Å². The average Bonchev–Trinajstić information content (AvgIpc) is 3.69. The first kappa shape index (κ1) is 33.6. The lowest BCUT2D eigenvalue weighted by atomic mass is 9.93. The molecular formula is C56H37NO. The van der Waals surface area contributed by atoms with Crippen molar-refractivity contribution in [3.63, 3.8) is 0 Å². The van der Waals surface area contributed by atoms with Crippen LogP contribution in [0.25, 0.3) is 88.0 Å². The molecule has 1 heterocycles. The average molecular weight is 740 g/mol. The van der Waals surface area contributed by atoms with E-state index in [1.807, 2.05) is 12.1 Å². The largest absolute Gasteiger partial charge is 0.455 e. The van der Waals surface area contributed by atoms with Crippen molar-refractivity contribution in [1.29, 1.82) is 0 Å². The molecule has 10 aromatic carbocycles. The molecule has 0 aliphatic rings. The van der Waals surface area contributed by atoms with E-state index in [1.54, 1.807) is 0 Å². The molecule has 0 atom stereocenters. The first-order chi connectivity index (χ1) is 28.7. The Morgan fingerprint density at radius 2 is 0.793 bits per heavy atom. The van der Waals surface area contributed by atoms with E-state index in [0.29, 0.717) is 0 Å². The fourth-order valence-corrected chi connectivity index (χ4v) is 8.63. The molecule has 0 aliphatic heterocycles. The first-order valence-corrected chi connectivity index (χ1v) is 19.8. The second kappa shape index (κ2) is 14.1. The number of para-hydroxylation sites is 2. The number of hydrogen-bond acceptors (Lipinski definition) is 2. The Morgan fingerprint density at radius 3 is 1.57 bits per heavy atom. The van der Waals surface area contributed by atoms with Gasteiger partial charge in [0.15, 0.2) is 0 Å². The third kappa shape index (κ3) is 5.91. The molecule has 11 rings (SSSR count). The van der Waals surface area contributed by atoms with E-state index in [2.05, 4.69) is 217 Å². The van der Waals surface area contributed by atoms with Gasteiger partial charge in [0.2, 0.25) is 0 Å². The number of rotatable bonds is 7. The first-order valence-electron chi connectivity index (χ1n) is 19.8. The Balaban J connectivity index is 1.02. The molecule has 0 saturated heterocycles. The summed E-state index contributed by atoms with van der Waals surface area (Å²) in [6, 6.07) is 80.7. The van der Waals surface area contributed by atoms with Crippen LogP contribution >= 0.6 is 0 Å². The summed E-state index contributed by atoms with van der Waals surface area (Å²) in [5, 5.41) is 7.24. The number of nitrogens with zero attached hydrogens (tertiary/aromatic N) is 1. The smallest absolute Gasteiger partial charge is 0.143 e. The van der Waals surface area contributed by atoms with Gasteiger partial charge >= 0.3 is 0 Å². The van der Waals surface area contributed by atoms with Gasteiger partial charge in [0.1, 0.15) is 11.2 Å². The molecule has 0 aliphatic carbocycles. The molecule has 2 heteroatoms. The highest BCUT2D eigenvalue weighted by molar-refractivity contribution is 6.09. The normalized spacial score (nSPS) is 11.4. The van der Waals surface area contributed by atoms with Crippen molar-refractivity contribution < 1.29 is 4.42 Å². The molecule has 0 radical (unpaired) electrons. The lowest BCUT2D eigenvalue weighted by molar-refractivity contribution is 0.670. The zero-order chi connectivity index (χ0) is 38.4. The van der Waals surface area contributed by atoms with Crippen LogP contribution < -0.4 is 4.90 Å². The molecule has 2 nitrogen and oxygen atoms in total. The minimum Gasteiger partial charge on any atom is -0.455 e. The molecule has 272 valence electrons. The van der Waals surface area contributed by atoms with Crippen LogP contribution in [0.3, 0.4) is 0 Å². The van der Waals surface area contributed by atoms with Crippen LogP contribution in [-0.2, 0) is 0 Å². The van der Waals surface area contributed by atoms with Gasteiger partial charge in [-0.2, -0.15) is 0 Å². The summed E-state index contributed by atoms with van der Waals surface area (Å²) in [6.45, 7) is 0. The summed E-state index contributed by atoms with van der Waals surface area (Å²) < 4.78 is 6.44. The van der Waals surface area contributed by atoms with Crippen LogP contribution in [0, 0.1) is 0 Å². The van der Waals surface area contributed by atoms with Gasteiger partial charge in [0, 0.05) is 33.4 Å². The fourth-order valence-electron chi connectivity index (χ4n) is 8.63.